The molecule has 3 rings (SSSR count). The molecule has 3 heteroatoms. The summed E-state index contributed by atoms with van der Waals surface area (Å²) >= 11 is 0. The van der Waals surface area contributed by atoms with E-state index in [1.807, 2.05) is 36.4 Å². The fourth-order valence-corrected chi connectivity index (χ4v) is 2.49. The number of rotatable bonds is 2. The number of benzene rings is 1. The third kappa shape index (κ3) is 3.27. The Bertz CT molecular complexity index is 595. The molecule has 0 spiro atoms. The zero-order valence-corrected chi connectivity index (χ0v) is 12.0. The van der Waals surface area contributed by atoms with Crippen molar-refractivity contribution in [1.82, 2.24) is 4.98 Å². The maximum Gasteiger partial charge on any atom is 0.0807 e. The topological polar surface area (TPSA) is 33.1 Å². The van der Waals surface area contributed by atoms with Crippen molar-refractivity contribution in [2.75, 3.05) is 0 Å². The summed E-state index contributed by atoms with van der Waals surface area (Å²) in [5, 5.41) is 9.90. The average molecular weight is 288 g/mol. The molecule has 0 saturated heterocycles. The molecule has 104 valence electrons. The number of aryl methyl sites for hydroxylation is 1. The van der Waals surface area contributed by atoms with E-state index in [1.165, 1.54) is 5.56 Å². The molecule has 0 saturated carbocycles. The molecule has 1 aromatic carbocycles. The summed E-state index contributed by atoms with van der Waals surface area (Å²) < 4.78 is 0. The van der Waals surface area contributed by atoms with Crippen molar-refractivity contribution in [3.05, 3.63) is 65.0 Å². The lowest BCUT2D eigenvalue weighted by Gasteiger charge is -2.20. The van der Waals surface area contributed by atoms with E-state index in [1.54, 1.807) is 0 Å². The SMILES string of the molecule is Cl.OC1CCCc2nc(C=Cc3ccccc3)ccc21. The van der Waals surface area contributed by atoms with Crippen LogP contribution in [0.25, 0.3) is 12.2 Å². The van der Waals surface area contributed by atoms with Gasteiger partial charge in [0.15, 0.2) is 0 Å². The molecular formula is C17H18ClNO. The molecule has 1 aliphatic carbocycles. The fourth-order valence-electron chi connectivity index (χ4n) is 2.49. The Labute approximate surface area is 125 Å². The van der Waals surface area contributed by atoms with Crippen LogP contribution in [0.3, 0.4) is 0 Å². The van der Waals surface area contributed by atoms with E-state index >= 15 is 0 Å². The molecule has 20 heavy (non-hydrogen) atoms. The minimum absolute atomic E-state index is 0. The van der Waals surface area contributed by atoms with E-state index in [9.17, 15) is 5.11 Å². The van der Waals surface area contributed by atoms with Gasteiger partial charge in [0.2, 0.25) is 0 Å². The summed E-state index contributed by atoms with van der Waals surface area (Å²) in [6, 6.07) is 14.2. The molecule has 1 atom stereocenters. The van der Waals surface area contributed by atoms with Gasteiger partial charge in [-0.2, -0.15) is 0 Å². The van der Waals surface area contributed by atoms with Crippen LogP contribution >= 0.6 is 12.4 Å². The lowest BCUT2D eigenvalue weighted by molar-refractivity contribution is 0.155. The minimum Gasteiger partial charge on any atom is -0.388 e. The number of pyridine rings is 1. The highest BCUT2D eigenvalue weighted by atomic mass is 35.5. The van der Waals surface area contributed by atoms with Gasteiger partial charge in [0.25, 0.3) is 0 Å². The maximum atomic E-state index is 9.90. The average Bonchev–Trinajstić information content (AvgIpc) is 2.46. The van der Waals surface area contributed by atoms with E-state index in [4.69, 9.17) is 0 Å². The monoisotopic (exact) mass is 287 g/mol. The number of hydrogen-bond donors (Lipinski definition) is 1. The summed E-state index contributed by atoms with van der Waals surface area (Å²) in [6.45, 7) is 0. The molecule has 2 aromatic rings. The van der Waals surface area contributed by atoms with Gasteiger partial charge in [0, 0.05) is 11.3 Å². The van der Waals surface area contributed by atoms with Gasteiger partial charge >= 0.3 is 0 Å². The standard InChI is InChI=1S/C17H17NO.ClH/c19-17-8-4-7-16-15(17)12-11-14(18-16)10-9-13-5-2-1-3-6-13;/h1-3,5-6,9-12,17,19H,4,7-8H2;1H. The van der Waals surface area contributed by atoms with Gasteiger partial charge in [-0.15, -0.1) is 12.4 Å². The van der Waals surface area contributed by atoms with E-state index in [2.05, 4.69) is 23.2 Å². The molecule has 0 bridgehead atoms. The molecule has 0 fully saturated rings. The van der Waals surface area contributed by atoms with Crippen LogP contribution in [0, 0.1) is 0 Å². The summed E-state index contributed by atoms with van der Waals surface area (Å²) in [5.74, 6) is 0. The molecule has 2 nitrogen and oxygen atoms in total. The van der Waals surface area contributed by atoms with Gasteiger partial charge in [0.05, 0.1) is 11.8 Å². The second-order valence-electron chi connectivity index (χ2n) is 4.92. The van der Waals surface area contributed by atoms with E-state index in [0.29, 0.717) is 0 Å². The van der Waals surface area contributed by atoms with Crippen LogP contribution in [-0.2, 0) is 6.42 Å². The number of aliphatic hydroxyl groups excluding tert-OH is 1. The van der Waals surface area contributed by atoms with Crippen molar-refractivity contribution in [3.63, 3.8) is 0 Å². The normalized spacial score (nSPS) is 17.6. The second kappa shape index (κ2) is 6.69. The Morgan fingerprint density at radius 2 is 1.85 bits per heavy atom. The Hall–Kier alpha value is -1.64. The summed E-state index contributed by atoms with van der Waals surface area (Å²) in [4.78, 5) is 4.63. The first kappa shape index (κ1) is 14.8. The highest BCUT2D eigenvalue weighted by Crippen LogP contribution is 2.28. The first-order chi connectivity index (χ1) is 9.33. The Balaban J connectivity index is 0.00000147. The quantitative estimate of drug-likeness (QED) is 0.904. The third-order valence-electron chi connectivity index (χ3n) is 3.53. The zero-order valence-electron chi connectivity index (χ0n) is 11.2. The van der Waals surface area contributed by atoms with Crippen molar-refractivity contribution < 1.29 is 5.11 Å². The number of nitrogens with zero attached hydrogens (tertiary/aromatic N) is 1. The van der Waals surface area contributed by atoms with Crippen LogP contribution in [0.15, 0.2) is 42.5 Å². The molecule has 0 amide bonds. The summed E-state index contributed by atoms with van der Waals surface area (Å²) in [6.07, 6.45) is 6.61. The molecule has 0 aliphatic heterocycles. The van der Waals surface area contributed by atoms with Crippen molar-refractivity contribution in [2.45, 2.75) is 25.4 Å². The van der Waals surface area contributed by atoms with Crippen LogP contribution in [0.5, 0.6) is 0 Å². The van der Waals surface area contributed by atoms with Gasteiger partial charge in [-0.1, -0.05) is 42.5 Å². The molecule has 1 N–H and O–H groups in total. The summed E-state index contributed by atoms with van der Waals surface area (Å²) in [5.41, 5.74) is 4.18. The Kier molecular flexibility index (Phi) is 4.94. The lowest BCUT2D eigenvalue weighted by atomic mass is 9.93. The molecule has 1 unspecified atom stereocenters. The molecular weight excluding hydrogens is 270 g/mol. The van der Waals surface area contributed by atoms with E-state index in [-0.39, 0.29) is 18.5 Å². The number of aliphatic hydroxyl groups is 1. The van der Waals surface area contributed by atoms with Crippen molar-refractivity contribution in [2.24, 2.45) is 0 Å². The molecule has 0 radical (unpaired) electrons. The van der Waals surface area contributed by atoms with Gasteiger partial charge in [-0.05, 0) is 37.0 Å². The highest BCUT2D eigenvalue weighted by Gasteiger charge is 2.18. The van der Waals surface area contributed by atoms with Crippen LogP contribution in [0.2, 0.25) is 0 Å². The maximum absolute atomic E-state index is 9.90. The van der Waals surface area contributed by atoms with Crippen LogP contribution < -0.4 is 0 Å². The van der Waals surface area contributed by atoms with E-state index < -0.39 is 0 Å². The van der Waals surface area contributed by atoms with Crippen LogP contribution in [0.1, 0.15) is 41.5 Å². The van der Waals surface area contributed by atoms with Gasteiger partial charge < -0.3 is 5.11 Å². The minimum atomic E-state index is -0.330. The number of aromatic nitrogens is 1. The van der Waals surface area contributed by atoms with Crippen LogP contribution in [-0.4, -0.2) is 10.1 Å². The van der Waals surface area contributed by atoms with Gasteiger partial charge in [-0.25, -0.2) is 0 Å². The second-order valence-corrected chi connectivity index (χ2v) is 4.92. The summed E-state index contributed by atoms with van der Waals surface area (Å²) in [7, 11) is 0. The first-order valence-corrected chi connectivity index (χ1v) is 6.74. The predicted octanol–water partition coefficient (Wildman–Crippen LogP) is 4.04. The third-order valence-corrected chi connectivity index (χ3v) is 3.53. The largest absolute Gasteiger partial charge is 0.388 e. The van der Waals surface area contributed by atoms with Crippen LogP contribution in [0.4, 0.5) is 0 Å². The lowest BCUT2D eigenvalue weighted by Crippen LogP contribution is -2.11. The molecule has 1 aliphatic rings. The first-order valence-electron chi connectivity index (χ1n) is 6.74. The number of halogens is 1. The fraction of sp³-hybridized carbons (Fsp3) is 0.235. The molecule has 1 aromatic heterocycles. The van der Waals surface area contributed by atoms with Crippen molar-refractivity contribution >= 4 is 24.6 Å². The zero-order chi connectivity index (χ0) is 13.1. The highest BCUT2D eigenvalue weighted by molar-refractivity contribution is 5.85. The Morgan fingerprint density at radius 1 is 1.05 bits per heavy atom. The smallest absolute Gasteiger partial charge is 0.0807 e. The number of hydrogen-bond acceptors (Lipinski definition) is 2. The van der Waals surface area contributed by atoms with Crippen molar-refractivity contribution in [1.29, 1.82) is 0 Å². The van der Waals surface area contributed by atoms with Gasteiger partial charge in [-0.3, -0.25) is 4.98 Å². The van der Waals surface area contributed by atoms with E-state index in [0.717, 1.165) is 36.2 Å². The number of fused-ring (bicyclic) bond motifs is 1. The predicted molar refractivity (Wildman–Crippen MR) is 84.8 cm³/mol. The molecule has 1 heterocycles. The Morgan fingerprint density at radius 3 is 2.65 bits per heavy atom. The van der Waals surface area contributed by atoms with Gasteiger partial charge in [0.1, 0.15) is 0 Å². The van der Waals surface area contributed by atoms with Crippen molar-refractivity contribution in [3.8, 4) is 0 Å².